The van der Waals surface area contributed by atoms with Gasteiger partial charge in [0, 0.05) is 19.2 Å². The summed E-state index contributed by atoms with van der Waals surface area (Å²) in [6, 6.07) is 2.80. The third-order valence-corrected chi connectivity index (χ3v) is 3.57. The van der Waals surface area contributed by atoms with E-state index >= 15 is 0 Å². The molecule has 1 aromatic carbocycles. The van der Waals surface area contributed by atoms with Gasteiger partial charge in [-0.05, 0) is 32.0 Å². The number of nitrogens with one attached hydrogen (secondary N) is 1. The Morgan fingerprint density at radius 1 is 1.28 bits per heavy atom. The predicted molar refractivity (Wildman–Crippen MR) is 74.6 cm³/mol. The molecule has 1 aliphatic heterocycles. The third kappa shape index (κ3) is 3.50. The molecule has 18 heavy (non-hydrogen) atoms. The summed E-state index contributed by atoms with van der Waals surface area (Å²) in [6.45, 7) is 4.11. The van der Waals surface area contributed by atoms with E-state index in [1.807, 2.05) is 0 Å². The predicted octanol–water partition coefficient (Wildman–Crippen LogP) is 2.96. The number of halogens is 2. The van der Waals surface area contributed by atoms with E-state index in [4.69, 9.17) is 17.3 Å². The number of likely N-dealkylation sites (tertiary alicyclic amines) is 1. The van der Waals surface area contributed by atoms with E-state index in [-0.39, 0.29) is 5.02 Å². The number of nitrogen functional groups attached to an aromatic ring is 1. The van der Waals surface area contributed by atoms with Crippen molar-refractivity contribution < 1.29 is 4.39 Å². The highest BCUT2D eigenvalue weighted by molar-refractivity contribution is 6.31. The molecule has 1 fully saturated rings. The number of piperidine rings is 1. The largest absolute Gasteiger partial charge is 0.397 e. The molecule has 1 heterocycles. The Kier molecular flexibility index (Phi) is 4.66. The van der Waals surface area contributed by atoms with Crippen LogP contribution in [0.2, 0.25) is 5.02 Å². The van der Waals surface area contributed by atoms with Crippen LogP contribution >= 0.6 is 11.6 Å². The molecule has 1 saturated heterocycles. The maximum Gasteiger partial charge on any atom is 0.143 e. The van der Waals surface area contributed by atoms with E-state index in [2.05, 4.69) is 10.2 Å². The summed E-state index contributed by atoms with van der Waals surface area (Å²) in [4.78, 5) is 2.43. The third-order valence-electron chi connectivity index (χ3n) is 3.28. The van der Waals surface area contributed by atoms with Crippen LogP contribution in [0.1, 0.15) is 19.3 Å². The minimum atomic E-state index is -0.476. The van der Waals surface area contributed by atoms with Gasteiger partial charge in [0.1, 0.15) is 5.82 Å². The van der Waals surface area contributed by atoms with Crippen molar-refractivity contribution in [3.8, 4) is 0 Å². The van der Waals surface area contributed by atoms with Crippen LogP contribution in [-0.4, -0.2) is 31.1 Å². The van der Waals surface area contributed by atoms with Gasteiger partial charge in [-0.3, -0.25) is 0 Å². The van der Waals surface area contributed by atoms with Crippen LogP contribution in [0.3, 0.4) is 0 Å². The van der Waals surface area contributed by atoms with E-state index < -0.39 is 5.82 Å². The molecule has 0 unspecified atom stereocenters. The fourth-order valence-electron chi connectivity index (χ4n) is 2.25. The Labute approximate surface area is 112 Å². The average Bonchev–Trinajstić information content (AvgIpc) is 2.37. The molecular weight excluding hydrogens is 253 g/mol. The molecule has 1 aromatic rings. The molecule has 0 spiro atoms. The number of nitrogens with zero attached hydrogens (tertiary/aromatic N) is 1. The maximum absolute atomic E-state index is 13.1. The van der Waals surface area contributed by atoms with E-state index in [9.17, 15) is 4.39 Å². The van der Waals surface area contributed by atoms with Crippen molar-refractivity contribution in [2.75, 3.05) is 37.2 Å². The highest BCUT2D eigenvalue weighted by atomic mass is 35.5. The summed E-state index contributed by atoms with van der Waals surface area (Å²) in [5.74, 6) is -0.476. The standard InChI is InChI=1S/C13H19ClFN3/c14-10-8-13(12(16)9-11(10)15)17-4-7-18-5-2-1-3-6-18/h8-9,17H,1-7,16H2. The second kappa shape index (κ2) is 6.25. The lowest BCUT2D eigenvalue weighted by atomic mass is 10.1. The van der Waals surface area contributed by atoms with Crippen LogP contribution in [-0.2, 0) is 0 Å². The molecular formula is C13H19ClFN3. The molecule has 3 nitrogen and oxygen atoms in total. The first-order valence-electron chi connectivity index (χ1n) is 6.37. The van der Waals surface area contributed by atoms with Gasteiger partial charge in [0.25, 0.3) is 0 Å². The van der Waals surface area contributed by atoms with Gasteiger partial charge in [0.2, 0.25) is 0 Å². The minimum absolute atomic E-state index is 0.102. The van der Waals surface area contributed by atoms with Gasteiger partial charge in [0.15, 0.2) is 0 Å². The molecule has 3 N–H and O–H groups in total. The van der Waals surface area contributed by atoms with Gasteiger partial charge < -0.3 is 16.0 Å². The first-order chi connectivity index (χ1) is 8.66. The highest BCUT2D eigenvalue weighted by Crippen LogP contribution is 2.26. The minimum Gasteiger partial charge on any atom is -0.397 e. The number of hydrogen-bond donors (Lipinski definition) is 2. The smallest absolute Gasteiger partial charge is 0.143 e. The van der Waals surface area contributed by atoms with Crippen molar-refractivity contribution in [1.29, 1.82) is 0 Å². The molecule has 0 bridgehead atoms. The molecule has 0 atom stereocenters. The first kappa shape index (κ1) is 13.4. The van der Waals surface area contributed by atoms with Gasteiger partial charge in [-0.25, -0.2) is 4.39 Å². The van der Waals surface area contributed by atoms with Gasteiger partial charge in [-0.2, -0.15) is 0 Å². The number of rotatable bonds is 4. The van der Waals surface area contributed by atoms with Crippen molar-refractivity contribution in [3.63, 3.8) is 0 Å². The van der Waals surface area contributed by atoms with Crippen LogP contribution in [0.4, 0.5) is 15.8 Å². The molecule has 100 valence electrons. The van der Waals surface area contributed by atoms with Gasteiger partial charge in [0.05, 0.1) is 16.4 Å². The van der Waals surface area contributed by atoms with E-state index in [1.54, 1.807) is 6.07 Å². The van der Waals surface area contributed by atoms with Gasteiger partial charge in [-0.15, -0.1) is 0 Å². The monoisotopic (exact) mass is 271 g/mol. The topological polar surface area (TPSA) is 41.3 Å². The number of nitrogens with two attached hydrogens (primary N) is 1. The molecule has 1 aliphatic rings. The van der Waals surface area contributed by atoms with Crippen LogP contribution in [0, 0.1) is 5.82 Å². The Morgan fingerprint density at radius 3 is 2.72 bits per heavy atom. The van der Waals surface area contributed by atoms with E-state index in [0.717, 1.165) is 13.1 Å². The van der Waals surface area contributed by atoms with Crippen molar-refractivity contribution in [2.45, 2.75) is 19.3 Å². The SMILES string of the molecule is Nc1cc(F)c(Cl)cc1NCCN1CCCCC1. The zero-order chi connectivity index (χ0) is 13.0. The molecule has 0 amide bonds. The number of benzene rings is 1. The van der Waals surface area contributed by atoms with E-state index in [0.29, 0.717) is 11.4 Å². The van der Waals surface area contributed by atoms with Crippen LogP contribution in [0.5, 0.6) is 0 Å². The maximum atomic E-state index is 13.1. The lowest BCUT2D eigenvalue weighted by Crippen LogP contribution is -2.33. The average molecular weight is 272 g/mol. The quantitative estimate of drug-likeness (QED) is 0.828. The summed E-state index contributed by atoms with van der Waals surface area (Å²) >= 11 is 5.73. The van der Waals surface area contributed by atoms with Gasteiger partial charge in [-0.1, -0.05) is 18.0 Å². The summed E-state index contributed by atoms with van der Waals surface area (Å²) in [6.07, 6.45) is 3.90. The summed E-state index contributed by atoms with van der Waals surface area (Å²) < 4.78 is 13.1. The van der Waals surface area contributed by atoms with Crippen LogP contribution < -0.4 is 11.1 Å². The summed E-state index contributed by atoms with van der Waals surface area (Å²) in [5, 5.41) is 3.31. The molecule has 5 heteroatoms. The van der Waals surface area contributed by atoms with E-state index in [1.165, 1.54) is 38.4 Å². The fraction of sp³-hybridized carbons (Fsp3) is 0.538. The van der Waals surface area contributed by atoms with Crippen molar-refractivity contribution in [3.05, 3.63) is 23.0 Å². The molecule has 0 saturated carbocycles. The Balaban J connectivity index is 1.84. The lowest BCUT2D eigenvalue weighted by molar-refractivity contribution is 0.237. The Hall–Kier alpha value is -1.00. The number of hydrogen-bond acceptors (Lipinski definition) is 3. The second-order valence-corrected chi connectivity index (χ2v) is 5.09. The fourth-order valence-corrected chi connectivity index (χ4v) is 2.41. The second-order valence-electron chi connectivity index (χ2n) is 4.68. The Bertz CT molecular complexity index is 405. The normalized spacial score (nSPS) is 16.8. The Morgan fingerprint density at radius 2 is 2.00 bits per heavy atom. The van der Waals surface area contributed by atoms with Crippen molar-refractivity contribution in [2.24, 2.45) is 0 Å². The summed E-state index contributed by atoms with van der Waals surface area (Å²) in [7, 11) is 0. The zero-order valence-electron chi connectivity index (χ0n) is 10.4. The zero-order valence-corrected chi connectivity index (χ0v) is 11.1. The molecule has 0 radical (unpaired) electrons. The van der Waals surface area contributed by atoms with Crippen LogP contribution in [0.15, 0.2) is 12.1 Å². The highest BCUT2D eigenvalue weighted by Gasteiger charge is 2.10. The molecule has 0 aromatic heterocycles. The van der Waals surface area contributed by atoms with Crippen molar-refractivity contribution in [1.82, 2.24) is 4.90 Å². The molecule has 0 aliphatic carbocycles. The van der Waals surface area contributed by atoms with Gasteiger partial charge >= 0.3 is 0 Å². The summed E-state index contributed by atoms with van der Waals surface area (Å²) in [5.41, 5.74) is 6.84. The molecule has 2 rings (SSSR count). The van der Waals surface area contributed by atoms with Crippen molar-refractivity contribution >= 4 is 23.0 Å². The first-order valence-corrected chi connectivity index (χ1v) is 6.75. The lowest BCUT2D eigenvalue weighted by Gasteiger charge is -2.26. The van der Waals surface area contributed by atoms with Crippen LogP contribution in [0.25, 0.3) is 0 Å². The number of anilines is 2.